The Morgan fingerprint density at radius 3 is 3.03 bits per heavy atom. The Morgan fingerprint density at radius 1 is 1.41 bits per heavy atom. The third-order valence-electron chi connectivity index (χ3n) is 5.02. The normalized spacial score (nSPS) is 23.4. The number of nitrogens with two attached hydrogens (primary N) is 1. The van der Waals surface area contributed by atoms with Gasteiger partial charge in [0.05, 0.1) is 5.56 Å². The topological polar surface area (TPSA) is 113 Å². The Balaban J connectivity index is 1.66. The largest absolute Gasteiger partial charge is 0.378 e. The molecule has 2 aromatic rings. The minimum absolute atomic E-state index is 0.00538. The van der Waals surface area contributed by atoms with Crippen LogP contribution < -0.4 is 11.1 Å². The van der Waals surface area contributed by atoms with Gasteiger partial charge in [0.25, 0.3) is 5.91 Å². The summed E-state index contributed by atoms with van der Waals surface area (Å²) in [5.41, 5.74) is 5.93. The number of amidine groups is 1. The molecule has 3 N–H and O–H groups in total. The Labute approximate surface area is 171 Å². The van der Waals surface area contributed by atoms with Crippen LogP contribution in [0.4, 0.5) is 10.1 Å². The summed E-state index contributed by atoms with van der Waals surface area (Å²) in [5.74, 6) is -0.238. The monoisotopic (exact) mass is 411 g/mol. The van der Waals surface area contributed by atoms with Gasteiger partial charge < -0.3 is 15.8 Å². The summed E-state index contributed by atoms with van der Waals surface area (Å²) in [6, 6.07) is 9.22. The lowest BCUT2D eigenvalue weighted by Gasteiger charge is -2.43. The average Bonchev–Trinajstić information content (AvgIpc) is 2.74. The molecular formula is C20H18FN5O2S. The van der Waals surface area contributed by atoms with Crippen molar-refractivity contribution in [3.8, 4) is 6.07 Å². The minimum Gasteiger partial charge on any atom is -0.378 e. The molecule has 1 aromatic heterocycles. The van der Waals surface area contributed by atoms with Crippen molar-refractivity contribution in [1.82, 2.24) is 4.98 Å². The summed E-state index contributed by atoms with van der Waals surface area (Å²) in [6.45, 7) is 0.461. The summed E-state index contributed by atoms with van der Waals surface area (Å²) < 4.78 is 20.8. The number of benzene rings is 1. The SMILES string of the molecule is N#Cc1ccc(C(=O)Nc2ccc(F)c([C@@]34N=C(N)SC[C@@H]3CCCO4)c2)nc1. The van der Waals surface area contributed by atoms with Crippen molar-refractivity contribution in [3.05, 3.63) is 59.2 Å². The molecule has 9 heteroatoms. The van der Waals surface area contributed by atoms with Gasteiger partial charge in [-0.2, -0.15) is 5.26 Å². The van der Waals surface area contributed by atoms with E-state index in [-0.39, 0.29) is 17.2 Å². The molecule has 1 saturated heterocycles. The Morgan fingerprint density at radius 2 is 2.28 bits per heavy atom. The number of carbonyl (C=O) groups is 1. The van der Waals surface area contributed by atoms with Crippen molar-refractivity contribution >= 4 is 28.5 Å². The number of aromatic nitrogens is 1. The third-order valence-corrected chi connectivity index (χ3v) is 5.97. The van der Waals surface area contributed by atoms with E-state index in [0.717, 1.165) is 12.8 Å². The second-order valence-corrected chi connectivity index (χ2v) is 7.88. The Hall–Kier alpha value is -2.96. The number of anilines is 1. The maximum absolute atomic E-state index is 14.8. The van der Waals surface area contributed by atoms with E-state index < -0.39 is 17.4 Å². The summed E-state index contributed by atoms with van der Waals surface area (Å²) in [4.78, 5) is 21.0. The summed E-state index contributed by atoms with van der Waals surface area (Å²) in [6.07, 6.45) is 3.06. The zero-order valence-electron chi connectivity index (χ0n) is 15.4. The lowest BCUT2D eigenvalue weighted by Crippen LogP contribution is -2.46. The quantitative estimate of drug-likeness (QED) is 0.803. The second-order valence-electron chi connectivity index (χ2n) is 6.84. The number of nitrogens with one attached hydrogen (secondary N) is 1. The summed E-state index contributed by atoms with van der Waals surface area (Å²) >= 11 is 1.44. The fraction of sp³-hybridized carbons (Fsp3) is 0.300. The van der Waals surface area contributed by atoms with Gasteiger partial charge in [-0.3, -0.25) is 4.79 Å². The highest BCUT2D eigenvalue weighted by Crippen LogP contribution is 2.47. The van der Waals surface area contributed by atoms with Gasteiger partial charge in [0.2, 0.25) is 0 Å². The van der Waals surface area contributed by atoms with Gasteiger partial charge in [-0.15, -0.1) is 0 Å². The van der Waals surface area contributed by atoms with Crippen LogP contribution in [0.15, 0.2) is 41.5 Å². The van der Waals surface area contributed by atoms with Crippen molar-refractivity contribution < 1.29 is 13.9 Å². The maximum atomic E-state index is 14.8. The van der Waals surface area contributed by atoms with E-state index in [2.05, 4.69) is 15.3 Å². The highest BCUT2D eigenvalue weighted by atomic mass is 32.2. The lowest BCUT2D eigenvalue weighted by atomic mass is 9.84. The van der Waals surface area contributed by atoms with Gasteiger partial charge in [-0.05, 0) is 43.2 Å². The van der Waals surface area contributed by atoms with Gasteiger partial charge in [0, 0.05) is 35.7 Å². The first kappa shape index (κ1) is 19.4. The van der Waals surface area contributed by atoms with Gasteiger partial charge in [-0.25, -0.2) is 14.4 Å². The van der Waals surface area contributed by atoms with E-state index in [1.165, 1.54) is 42.2 Å². The molecule has 29 heavy (non-hydrogen) atoms. The molecule has 0 saturated carbocycles. The predicted molar refractivity (Wildman–Crippen MR) is 108 cm³/mol. The van der Waals surface area contributed by atoms with E-state index in [1.807, 2.05) is 6.07 Å². The predicted octanol–water partition coefficient (Wildman–Crippen LogP) is 2.99. The van der Waals surface area contributed by atoms with Gasteiger partial charge >= 0.3 is 0 Å². The zero-order chi connectivity index (χ0) is 20.4. The molecule has 3 heterocycles. The van der Waals surface area contributed by atoms with Crippen molar-refractivity contribution in [2.75, 3.05) is 17.7 Å². The van der Waals surface area contributed by atoms with Crippen LogP contribution in [-0.2, 0) is 10.5 Å². The first-order valence-corrected chi connectivity index (χ1v) is 10.1. The van der Waals surface area contributed by atoms with Crippen LogP contribution in [0.25, 0.3) is 0 Å². The lowest BCUT2D eigenvalue weighted by molar-refractivity contribution is -0.115. The number of hydrogen-bond acceptors (Lipinski definition) is 7. The van der Waals surface area contributed by atoms with Crippen LogP contribution in [0.2, 0.25) is 0 Å². The molecule has 2 aliphatic heterocycles. The minimum atomic E-state index is -1.18. The number of hydrogen-bond donors (Lipinski definition) is 2. The van der Waals surface area contributed by atoms with Crippen molar-refractivity contribution in [1.29, 1.82) is 5.26 Å². The second kappa shape index (κ2) is 7.81. The molecule has 0 bridgehead atoms. The van der Waals surface area contributed by atoms with Crippen LogP contribution in [0, 0.1) is 23.1 Å². The first-order chi connectivity index (χ1) is 14.0. The molecule has 0 unspecified atom stereocenters. The number of ether oxygens (including phenoxy) is 1. The molecule has 148 valence electrons. The van der Waals surface area contributed by atoms with E-state index >= 15 is 0 Å². The summed E-state index contributed by atoms with van der Waals surface area (Å²) in [5, 5.41) is 11.9. The van der Waals surface area contributed by atoms with E-state index in [1.54, 1.807) is 6.07 Å². The first-order valence-electron chi connectivity index (χ1n) is 9.11. The van der Waals surface area contributed by atoms with Gasteiger partial charge in [-0.1, -0.05) is 11.8 Å². The van der Waals surface area contributed by atoms with Crippen molar-refractivity contribution in [2.24, 2.45) is 16.6 Å². The van der Waals surface area contributed by atoms with Crippen LogP contribution in [0.3, 0.4) is 0 Å². The number of halogens is 1. The van der Waals surface area contributed by atoms with E-state index in [9.17, 15) is 9.18 Å². The third kappa shape index (κ3) is 3.69. The van der Waals surface area contributed by atoms with Crippen molar-refractivity contribution in [3.63, 3.8) is 0 Å². The average molecular weight is 411 g/mol. The number of nitriles is 1. The standard InChI is InChI=1S/C20H18FN5O2S/c21-16-5-4-14(25-18(27)17-6-3-12(9-22)10-24-17)8-15(16)20-13(2-1-7-28-20)11-29-19(23)26-20/h3-6,8,10,13H,1-2,7,11H2,(H2,23,26)(H,25,27)/t13-,20+/m0/s1. The highest BCUT2D eigenvalue weighted by Gasteiger charge is 2.48. The smallest absolute Gasteiger partial charge is 0.274 e. The zero-order valence-corrected chi connectivity index (χ0v) is 16.2. The van der Waals surface area contributed by atoms with Crippen LogP contribution in [-0.4, -0.2) is 28.4 Å². The van der Waals surface area contributed by atoms with Gasteiger partial charge in [0.1, 0.15) is 17.6 Å². The number of aliphatic imine (C=N–C) groups is 1. The fourth-order valence-electron chi connectivity index (χ4n) is 3.60. The molecule has 7 nitrogen and oxygen atoms in total. The maximum Gasteiger partial charge on any atom is 0.274 e. The molecule has 2 aliphatic rings. The number of thioether (sulfide) groups is 1. The van der Waals surface area contributed by atoms with Crippen LogP contribution in [0.5, 0.6) is 0 Å². The Kier molecular flexibility index (Phi) is 5.22. The molecule has 1 fully saturated rings. The van der Waals surface area contributed by atoms with E-state index in [0.29, 0.717) is 28.8 Å². The number of carbonyl (C=O) groups excluding carboxylic acids is 1. The molecule has 1 amide bonds. The Bertz CT molecular complexity index is 1020. The molecule has 0 radical (unpaired) electrons. The molecule has 2 atom stereocenters. The number of fused-ring (bicyclic) bond motifs is 1. The van der Waals surface area contributed by atoms with Crippen LogP contribution in [0.1, 0.15) is 34.5 Å². The molecule has 1 aromatic carbocycles. The molecular weight excluding hydrogens is 393 g/mol. The van der Waals surface area contributed by atoms with Crippen LogP contribution >= 0.6 is 11.8 Å². The summed E-state index contributed by atoms with van der Waals surface area (Å²) in [7, 11) is 0. The molecule has 0 spiro atoms. The number of pyridine rings is 1. The van der Waals surface area contributed by atoms with Gasteiger partial charge in [0.15, 0.2) is 10.9 Å². The van der Waals surface area contributed by atoms with Crippen molar-refractivity contribution in [2.45, 2.75) is 18.6 Å². The number of rotatable bonds is 3. The van der Waals surface area contributed by atoms with E-state index in [4.69, 9.17) is 15.7 Å². The molecule has 0 aliphatic carbocycles. The molecule has 4 rings (SSSR count). The highest BCUT2D eigenvalue weighted by molar-refractivity contribution is 8.13. The fourth-order valence-corrected chi connectivity index (χ4v) is 4.56. The number of nitrogens with zero attached hydrogens (tertiary/aromatic N) is 3. The number of amides is 1.